The molecule has 2 aliphatic heterocycles. The van der Waals surface area contributed by atoms with Gasteiger partial charge in [0.2, 0.25) is 0 Å². The third-order valence-corrected chi connectivity index (χ3v) is 9.24. The van der Waals surface area contributed by atoms with E-state index in [1.807, 2.05) is 19.1 Å². The van der Waals surface area contributed by atoms with E-state index < -0.39 is 5.91 Å². The molecule has 0 spiro atoms. The van der Waals surface area contributed by atoms with Crippen LogP contribution < -0.4 is 21.1 Å². The molecule has 2 aromatic rings. The number of nitrogens with two attached hydrogens (primary N) is 1. The number of hydrogen-bond donors (Lipinski definition) is 4. The molecule has 1 aromatic heterocycles. The van der Waals surface area contributed by atoms with E-state index in [0.29, 0.717) is 35.7 Å². The zero-order valence-electron chi connectivity index (χ0n) is 24.9. The molecule has 3 fully saturated rings. The van der Waals surface area contributed by atoms with Gasteiger partial charge in [-0.3, -0.25) is 4.79 Å². The number of carbonyl (C=O) groups is 1. The molecule has 0 bridgehead atoms. The predicted octanol–water partition coefficient (Wildman–Crippen LogP) is 3.88. The molecule has 1 aliphatic carbocycles. The maximum Gasteiger partial charge on any atom is 0.271 e. The molecule has 1 saturated carbocycles. The Labute approximate surface area is 244 Å². The fourth-order valence-corrected chi connectivity index (χ4v) is 6.70. The van der Waals surface area contributed by atoms with Crippen molar-refractivity contribution in [1.29, 1.82) is 0 Å². The molecule has 0 unspecified atom stereocenters. The topological polar surface area (TPSA) is 129 Å². The Morgan fingerprint density at radius 3 is 2.37 bits per heavy atom. The van der Waals surface area contributed by atoms with Gasteiger partial charge >= 0.3 is 0 Å². The van der Waals surface area contributed by atoms with Gasteiger partial charge < -0.3 is 36.0 Å². The summed E-state index contributed by atoms with van der Waals surface area (Å²) in [4.78, 5) is 26.9. The number of likely N-dealkylation sites (tertiary alicyclic amines) is 2. The number of benzene rings is 1. The lowest BCUT2D eigenvalue weighted by atomic mass is 9.87. The van der Waals surface area contributed by atoms with Gasteiger partial charge in [0.05, 0.1) is 18.9 Å². The van der Waals surface area contributed by atoms with Crippen molar-refractivity contribution in [3.05, 3.63) is 35.2 Å². The van der Waals surface area contributed by atoms with E-state index in [0.717, 1.165) is 63.1 Å². The van der Waals surface area contributed by atoms with Gasteiger partial charge in [-0.1, -0.05) is 13.0 Å². The number of rotatable bonds is 9. The van der Waals surface area contributed by atoms with Crippen LogP contribution in [0.5, 0.6) is 5.75 Å². The number of hydrogen-bond acceptors (Lipinski definition) is 9. The highest BCUT2D eigenvalue weighted by molar-refractivity contribution is 5.96. The van der Waals surface area contributed by atoms with Gasteiger partial charge in [0, 0.05) is 23.8 Å². The van der Waals surface area contributed by atoms with E-state index in [2.05, 4.69) is 38.5 Å². The van der Waals surface area contributed by atoms with Gasteiger partial charge in [0.1, 0.15) is 11.6 Å². The average molecular weight is 566 g/mol. The van der Waals surface area contributed by atoms with Gasteiger partial charge in [-0.25, -0.2) is 9.97 Å². The van der Waals surface area contributed by atoms with E-state index >= 15 is 0 Å². The molecular weight excluding hydrogens is 518 g/mol. The SMILES string of the molecule is CCc1nc(C(N)=O)c(Nc2ccc(C3CCN(C4CCN(C)CC4)CC3)c(OC)c2)nc1N[C@H]1CC[C@H](O)CC1. The second kappa shape index (κ2) is 13.4. The number of aliphatic hydroxyl groups excluding tert-OH is 1. The standard InChI is InChI=1S/C31H47N7O3/c1-4-26-30(33-21-5-8-24(39)9-6-21)36-31(28(35-26)29(32)40)34-22-7-10-25(27(19-22)41-3)20-11-17-38(18-12-20)23-13-15-37(2)16-14-23/h7,10,19-21,23-24,39H,4-6,8-9,11-18H2,1-3H3,(H2,32,40)(H2,33,34,36)/t21-,24-. The van der Waals surface area contributed by atoms with Crippen molar-refractivity contribution < 1.29 is 14.6 Å². The molecule has 2 saturated heterocycles. The number of nitrogens with zero attached hydrogens (tertiary/aromatic N) is 4. The van der Waals surface area contributed by atoms with Crippen molar-refractivity contribution in [2.45, 2.75) is 88.8 Å². The first-order valence-electron chi connectivity index (χ1n) is 15.4. The summed E-state index contributed by atoms with van der Waals surface area (Å²) in [7, 11) is 3.93. The Morgan fingerprint density at radius 2 is 1.73 bits per heavy atom. The summed E-state index contributed by atoms with van der Waals surface area (Å²) in [5.74, 6) is 1.65. The number of aliphatic hydroxyl groups is 1. The number of aromatic nitrogens is 2. The van der Waals surface area contributed by atoms with E-state index in [4.69, 9.17) is 15.5 Å². The Morgan fingerprint density at radius 1 is 1.02 bits per heavy atom. The monoisotopic (exact) mass is 565 g/mol. The fourth-order valence-electron chi connectivity index (χ4n) is 6.70. The van der Waals surface area contributed by atoms with Crippen molar-refractivity contribution in [1.82, 2.24) is 19.8 Å². The minimum Gasteiger partial charge on any atom is -0.496 e. The summed E-state index contributed by atoms with van der Waals surface area (Å²) >= 11 is 0. The number of ether oxygens (including phenoxy) is 1. The number of carbonyl (C=O) groups excluding carboxylic acids is 1. The lowest BCUT2D eigenvalue weighted by Crippen LogP contribution is -2.46. The number of primary amides is 1. The van der Waals surface area contributed by atoms with Crippen LogP contribution >= 0.6 is 0 Å². The average Bonchev–Trinajstić information content (AvgIpc) is 2.99. The highest BCUT2D eigenvalue weighted by atomic mass is 16.5. The smallest absolute Gasteiger partial charge is 0.271 e. The Balaban J connectivity index is 1.30. The van der Waals surface area contributed by atoms with Crippen LogP contribution in [0, 0.1) is 0 Å². The van der Waals surface area contributed by atoms with Crippen LogP contribution in [0.15, 0.2) is 18.2 Å². The van der Waals surface area contributed by atoms with Crippen LogP contribution in [0.1, 0.15) is 86.0 Å². The molecule has 3 heterocycles. The molecule has 5 rings (SSSR count). The zero-order chi connectivity index (χ0) is 28.9. The van der Waals surface area contributed by atoms with Crippen LogP contribution in [-0.4, -0.2) is 89.3 Å². The first-order valence-corrected chi connectivity index (χ1v) is 15.4. The third kappa shape index (κ3) is 7.10. The van der Waals surface area contributed by atoms with E-state index in [1.165, 1.54) is 31.5 Å². The zero-order valence-corrected chi connectivity index (χ0v) is 24.9. The molecule has 10 heteroatoms. The Bertz CT molecular complexity index is 1180. The van der Waals surface area contributed by atoms with Crippen LogP contribution in [0.2, 0.25) is 0 Å². The first kappa shape index (κ1) is 29.5. The summed E-state index contributed by atoms with van der Waals surface area (Å²) in [5.41, 5.74) is 8.55. The Kier molecular flexibility index (Phi) is 9.62. The number of amides is 1. The molecule has 5 N–H and O–H groups in total. The summed E-state index contributed by atoms with van der Waals surface area (Å²) in [6, 6.07) is 7.06. The van der Waals surface area contributed by atoms with Crippen molar-refractivity contribution in [2.24, 2.45) is 5.73 Å². The number of piperidine rings is 2. The molecule has 1 amide bonds. The lowest BCUT2D eigenvalue weighted by molar-refractivity contribution is 0.0963. The van der Waals surface area contributed by atoms with Gasteiger partial charge in [0.15, 0.2) is 11.5 Å². The summed E-state index contributed by atoms with van der Waals surface area (Å²) in [5, 5.41) is 16.7. The number of methoxy groups -OCH3 is 1. The molecule has 1 aromatic carbocycles. The third-order valence-electron chi connectivity index (χ3n) is 9.24. The molecule has 0 atom stereocenters. The van der Waals surface area contributed by atoms with Crippen molar-refractivity contribution in [3.63, 3.8) is 0 Å². The van der Waals surface area contributed by atoms with Crippen LogP contribution in [0.3, 0.4) is 0 Å². The second-order valence-corrected chi connectivity index (χ2v) is 12.0. The highest BCUT2D eigenvalue weighted by Gasteiger charge is 2.29. The minimum absolute atomic E-state index is 0.121. The number of aryl methyl sites for hydroxylation is 1. The summed E-state index contributed by atoms with van der Waals surface area (Å²) in [6.45, 7) is 6.62. The van der Waals surface area contributed by atoms with Crippen LogP contribution in [0.4, 0.5) is 17.3 Å². The van der Waals surface area contributed by atoms with Gasteiger partial charge in [0.25, 0.3) is 5.91 Å². The van der Waals surface area contributed by atoms with Crippen molar-refractivity contribution in [3.8, 4) is 5.75 Å². The highest BCUT2D eigenvalue weighted by Crippen LogP contribution is 2.37. The predicted molar refractivity (Wildman–Crippen MR) is 162 cm³/mol. The fraction of sp³-hybridized carbons (Fsp3) is 0.645. The molecule has 10 nitrogen and oxygen atoms in total. The molecule has 3 aliphatic rings. The summed E-state index contributed by atoms with van der Waals surface area (Å²) < 4.78 is 5.86. The number of anilines is 3. The minimum atomic E-state index is -0.623. The maximum absolute atomic E-state index is 12.4. The van der Waals surface area contributed by atoms with Gasteiger partial charge in [-0.15, -0.1) is 0 Å². The molecular formula is C31H47N7O3. The summed E-state index contributed by atoms with van der Waals surface area (Å²) in [6.07, 6.45) is 8.41. The van der Waals surface area contributed by atoms with E-state index in [9.17, 15) is 9.90 Å². The van der Waals surface area contributed by atoms with Crippen LogP contribution in [-0.2, 0) is 6.42 Å². The van der Waals surface area contributed by atoms with E-state index in [-0.39, 0.29) is 17.8 Å². The van der Waals surface area contributed by atoms with E-state index in [1.54, 1.807) is 7.11 Å². The van der Waals surface area contributed by atoms with Crippen molar-refractivity contribution in [2.75, 3.05) is 51.0 Å². The van der Waals surface area contributed by atoms with Crippen LogP contribution in [0.25, 0.3) is 0 Å². The quantitative estimate of drug-likeness (QED) is 0.358. The van der Waals surface area contributed by atoms with Crippen molar-refractivity contribution >= 4 is 23.2 Å². The molecule has 41 heavy (non-hydrogen) atoms. The first-order chi connectivity index (χ1) is 19.8. The second-order valence-electron chi connectivity index (χ2n) is 12.0. The maximum atomic E-state index is 12.4. The van der Waals surface area contributed by atoms with Gasteiger partial charge in [-0.2, -0.15) is 0 Å². The van der Waals surface area contributed by atoms with Gasteiger partial charge in [-0.05, 0) is 109 Å². The Hall–Kier alpha value is -2.95. The largest absolute Gasteiger partial charge is 0.496 e. The normalized spacial score (nSPS) is 23.3. The molecule has 224 valence electrons. The lowest BCUT2D eigenvalue weighted by Gasteiger charge is -2.41. The molecule has 0 radical (unpaired) electrons. The number of nitrogens with one attached hydrogen (secondary N) is 2.